The molecule has 0 spiro atoms. The number of sulfonamides is 1. The van der Waals surface area contributed by atoms with E-state index in [4.69, 9.17) is 5.73 Å². The van der Waals surface area contributed by atoms with Crippen LogP contribution in [0.3, 0.4) is 0 Å². The predicted molar refractivity (Wildman–Crippen MR) is 105 cm³/mol. The van der Waals surface area contributed by atoms with Crippen LogP contribution in [0.2, 0.25) is 0 Å². The molecule has 8 heteroatoms. The zero-order chi connectivity index (χ0) is 17.3. The number of aromatic nitrogens is 1. The minimum absolute atomic E-state index is 0. The molecule has 5 nitrogen and oxygen atoms in total. The van der Waals surface area contributed by atoms with Crippen LogP contribution in [-0.4, -0.2) is 36.8 Å². The maximum atomic E-state index is 13.1. The maximum Gasteiger partial charge on any atom is 0.243 e. The summed E-state index contributed by atoms with van der Waals surface area (Å²) in [5.41, 5.74) is 7.65. The van der Waals surface area contributed by atoms with Crippen LogP contribution in [0, 0.1) is 12.8 Å². The van der Waals surface area contributed by atoms with Gasteiger partial charge < -0.3 is 5.73 Å². The Morgan fingerprint density at radius 1 is 1.40 bits per heavy atom. The highest BCUT2D eigenvalue weighted by atomic mass is 35.5. The van der Waals surface area contributed by atoms with E-state index >= 15 is 0 Å². The molecule has 1 aliphatic heterocycles. The van der Waals surface area contributed by atoms with E-state index in [9.17, 15) is 8.42 Å². The van der Waals surface area contributed by atoms with Gasteiger partial charge in [0.15, 0.2) is 0 Å². The molecule has 0 amide bonds. The fourth-order valence-corrected chi connectivity index (χ4v) is 5.88. The van der Waals surface area contributed by atoms with Crippen LogP contribution < -0.4 is 5.73 Å². The molecule has 0 aliphatic carbocycles. The van der Waals surface area contributed by atoms with Crippen LogP contribution in [0.15, 0.2) is 34.5 Å². The normalized spacial score (nSPS) is 21.7. The Morgan fingerprint density at radius 2 is 2.16 bits per heavy atom. The third-order valence-electron chi connectivity index (χ3n) is 4.61. The van der Waals surface area contributed by atoms with Gasteiger partial charge in [-0.3, -0.25) is 0 Å². The summed E-state index contributed by atoms with van der Waals surface area (Å²) in [5.74, 6) is 0.281. The summed E-state index contributed by atoms with van der Waals surface area (Å²) in [6.45, 7) is 4.90. The summed E-state index contributed by atoms with van der Waals surface area (Å²) in [7, 11) is -3.55. The fourth-order valence-electron chi connectivity index (χ4n) is 3.27. The highest BCUT2D eigenvalue weighted by molar-refractivity contribution is 7.89. The first kappa shape index (κ1) is 20.3. The number of rotatable bonds is 4. The van der Waals surface area contributed by atoms with Crippen LogP contribution in [0.1, 0.15) is 25.5 Å². The standard InChI is InChI=1S/C17H23N3O2S2.ClH/c1-12-5-4-8-20(16(12)10-18)24(21,22)15-7-3-6-14(9-15)17-19-13(2)11-23-17;/h3,6-7,9,11-12,16H,4-5,8,10,18H2,1-2H3;1H. The average molecular weight is 402 g/mol. The number of nitrogens with zero attached hydrogens (tertiary/aromatic N) is 2. The molecule has 0 radical (unpaired) electrons. The second-order valence-corrected chi connectivity index (χ2v) is 9.11. The highest BCUT2D eigenvalue weighted by Crippen LogP contribution is 2.31. The topological polar surface area (TPSA) is 76.3 Å². The lowest BCUT2D eigenvalue weighted by molar-refractivity contribution is 0.192. The predicted octanol–water partition coefficient (Wildman–Crippen LogP) is 3.29. The van der Waals surface area contributed by atoms with E-state index in [1.807, 2.05) is 18.4 Å². The van der Waals surface area contributed by atoms with E-state index in [2.05, 4.69) is 11.9 Å². The first-order valence-electron chi connectivity index (χ1n) is 8.18. The van der Waals surface area contributed by atoms with Gasteiger partial charge in [-0.05, 0) is 37.8 Å². The van der Waals surface area contributed by atoms with Gasteiger partial charge in [0.05, 0.1) is 4.90 Å². The fraction of sp³-hybridized carbons (Fsp3) is 0.471. The zero-order valence-electron chi connectivity index (χ0n) is 14.4. The van der Waals surface area contributed by atoms with Crippen LogP contribution in [0.4, 0.5) is 0 Å². The van der Waals surface area contributed by atoms with Crippen molar-refractivity contribution in [3.63, 3.8) is 0 Å². The van der Waals surface area contributed by atoms with Gasteiger partial charge in [-0.2, -0.15) is 4.31 Å². The smallest absolute Gasteiger partial charge is 0.243 e. The van der Waals surface area contributed by atoms with E-state index in [0.29, 0.717) is 18.0 Å². The lowest BCUT2D eigenvalue weighted by Gasteiger charge is -2.38. The van der Waals surface area contributed by atoms with Crippen LogP contribution in [0.25, 0.3) is 10.6 Å². The molecule has 25 heavy (non-hydrogen) atoms. The SMILES string of the molecule is Cc1csc(-c2cccc(S(=O)(=O)N3CCCC(C)C3CN)c2)n1.Cl. The number of benzene rings is 1. The number of halogens is 1. The Morgan fingerprint density at radius 3 is 2.80 bits per heavy atom. The second-order valence-electron chi connectivity index (χ2n) is 6.36. The number of thiazole rings is 1. The first-order valence-corrected chi connectivity index (χ1v) is 10.5. The Hall–Kier alpha value is -0.990. The van der Waals surface area contributed by atoms with Crippen LogP contribution in [0.5, 0.6) is 0 Å². The Labute approximate surface area is 159 Å². The van der Waals surface area contributed by atoms with Gasteiger partial charge in [0.25, 0.3) is 0 Å². The lowest BCUT2D eigenvalue weighted by atomic mass is 9.93. The van der Waals surface area contributed by atoms with Gasteiger partial charge in [-0.25, -0.2) is 13.4 Å². The molecule has 0 bridgehead atoms. The van der Waals surface area contributed by atoms with Crippen LogP contribution in [-0.2, 0) is 10.0 Å². The van der Waals surface area contributed by atoms with E-state index in [0.717, 1.165) is 29.1 Å². The van der Waals surface area contributed by atoms with Crippen molar-refractivity contribution in [1.82, 2.24) is 9.29 Å². The van der Waals surface area contributed by atoms with Crippen molar-refractivity contribution in [2.45, 2.75) is 37.6 Å². The molecule has 1 fully saturated rings. The number of piperidine rings is 1. The van der Waals surface area contributed by atoms with Gasteiger partial charge in [0.2, 0.25) is 10.0 Å². The van der Waals surface area contributed by atoms with E-state index in [1.165, 1.54) is 11.3 Å². The Bertz CT molecular complexity index is 823. The van der Waals surface area contributed by atoms with Crippen molar-refractivity contribution in [2.24, 2.45) is 11.7 Å². The van der Waals surface area contributed by atoms with E-state index in [1.54, 1.807) is 22.5 Å². The summed E-state index contributed by atoms with van der Waals surface area (Å²) in [6, 6.07) is 6.93. The molecule has 0 saturated carbocycles. The second kappa shape index (κ2) is 8.14. The molecule has 1 aromatic heterocycles. The minimum atomic E-state index is -3.55. The average Bonchev–Trinajstić information content (AvgIpc) is 3.01. The van der Waals surface area contributed by atoms with Gasteiger partial charge >= 0.3 is 0 Å². The summed E-state index contributed by atoms with van der Waals surface area (Å²) in [4.78, 5) is 4.77. The van der Waals surface area contributed by atoms with Crippen molar-refractivity contribution in [2.75, 3.05) is 13.1 Å². The summed E-state index contributed by atoms with van der Waals surface area (Å²) < 4.78 is 27.9. The van der Waals surface area contributed by atoms with Gasteiger partial charge in [0, 0.05) is 35.8 Å². The molecule has 1 aromatic carbocycles. The molecular weight excluding hydrogens is 378 g/mol. The molecule has 1 aliphatic rings. The lowest BCUT2D eigenvalue weighted by Crippen LogP contribution is -2.51. The molecule has 2 atom stereocenters. The molecule has 138 valence electrons. The van der Waals surface area contributed by atoms with Crippen molar-refractivity contribution < 1.29 is 8.42 Å². The third-order valence-corrected chi connectivity index (χ3v) is 7.54. The van der Waals surface area contributed by atoms with E-state index < -0.39 is 10.0 Å². The van der Waals surface area contributed by atoms with E-state index in [-0.39, 0.29) is 24.4 Å². The third kappa shape index (κ3) is 4.06. The molecular formula is C17H24ClN3O2S2. The number of hydrogen-bond acceptors (Lipinski definition) is 5. The molecule has 2 aromatic rings. The minimum Gasteiger partial charge on any atom is -0.329 e. The number of aryl methyl sites for hydroxylation is 1. The summed E-state index contributed by atoms with van der Waals surface area (Å²) >= 11 is 1.52. The van der Waals surface area contributed by atoms with Gasteiger partial charge in [-0.15, -0.1) is 23.7 Å². The first-order chi connectivity index (χ1) is 11.4. The molecule has 2 unspecified atom stereocenters. The Kier molecular flexibility index (Phi) is 6.62. The van der Waals surface area contributed by atoms with Gasteiger partial charge in [-0.1, -0.05) is 19.1 Å². The number of nitrogens with two attached hydrogens (primary N) is 1. The maximum absolute atomic E-state index is 13.1. The Balaban J connectivity index is 0.00000225. The monoisotopic (exact) mass is 401 g/mol. The molecule has 2 N–H and O–H groups in total. The van der Waals surface area contributed by atoms with Gasteiger partial charge in [0.1, 0.15) is 5.01 Å². The molecule has 2 heterocycles. The largest absolute Gasteiger partial charge is 0.329 e. The molecule has 3 rings (SSSR count). The van der Waals surface area contributed by atoms with Crippen molar-refractivity contribution in [3.05, 3.63) is 35.3 Å². The quantitative estimate of drug-likeness (QED) is 0.852. The highest BCUT2D eigenvalue weighted by Gasteiger charge is 2.36. The van der Waals surface area contributed by atoms with Crippen molar-refractivity contribution in [3.8, 4) is 10.6 Å². The van der Waals surface area contributed by atoms with Crippen molar-refractivity contribution >= 4 is 33.8 Å². The summed E-state index contributed by atoms with van der Waals surface area (Å²) in [6.07, 6.45) is 1.90. The summed E-state index contributed by atoms with van der Waals surface area (Å²) in [5, 5.41) is 2.81. The van der Waals surface area contributed by atoms with Crippen molar-refractivity contribution in [1.29, 1.82) is 0 Å². The number of hydrogen-bond donors (Lipinski definition) is 1. The zero-order valence-corrected chi connectivity index (χ0v) is 16.8. The molecule has 1 saturated heterocycles. The van der Waals surface area contributed by atoms with Crippen LogP contribution >= 0.6 is 23.7 Å².